The van der Waals surface area contributed by atoms with Crippen LogP contribution in [-0.2, 0) is 7.05 Å². The van der Waals surface area contributed by atoms with Crippen molar-refractivity contribution >= 4 is 16.8 Å². The minimum atomic E-state index is -0.548. The van der Waals surface area contributed by atoms with Gasteiger partial charge in [-0.05, 0) is 6.07 Å². The summed E-state index contributed by atoms with van der Waals surface area (Å²) in [6.07, 6.45) is 3.04. The van der Waals surface area contributed by atoms with E-state index in [4.69, 9.17) is 5.73 Å². The number of primary amides is 1. The zero-order valence-electron chi connectivity index (χ0n) is 7.57. The number of rotatable bonds is 1. The molecule has 2 rings (SSSR count). The maximum atomic E-state index is 11.6. The molecule has 0 bridgehead atoms. The molecule has 2 aromatic rings. The number of aryl methyl sites for hydroxylation is 1. The Morgan fingerprint density at radius 3 is 2.93 bits per heavy atom. The Kier molecular flexibility index (Phi) is 1.67. The molecule has 0 saturated heterocycles. The largest absolute Gasteiger partial charge is 0.365 e. The highest BCUT2D eigenvalue weighted by atomic mass is 16.1. The number of aromatic nitrogens is 2. The molecule has 5 heteroatoms. The lowest BCUT2D eigenvalue weighted by Gasteiger charge is -2.02. The lowest BCUT2D eigenvalue weighted by molar-refractivity contribution is 0.100. The molecular weight excluding hydrogens is 182 g/mol. The van der Waals surface area contributed by atoms with Gasteiger partial charge in [-0.3, -0.25) is 9.59 Å². The molecule has 2 heterocycles. The zero-order chi connectivity index (χ0) is 10.3. The number of carbonyl (C=O) groups excluding carboxylic acids is 1. The molecule has 1 amide bonds. The minimum absolute atomic E-state index is 0.147. The monoisotopic (exact) mass is 191 g/mol. The number of hydrogen-bond acceptors (Lipinski definition) is 2. The molecule has 0 spiro atoms. The molecule has 0 aliphatic heterocycles. The first-order valence-corrected chi connectivity index (χ1v) is 4.08. The minimum Gasteiger partial charge on any atom is -0.365 e. The van der Waals surface area contributed by atoms with Crippen molar-refractivity contribution in [3.63, 3.8) is 0 Å². The van der Waals surface area contributed by atoms with E-state index < -0.39 is 5.91 Å². The van der Waals surface area contributed by atoms with Gasteiger partial charge in [-0.15, -0.1) is 0 Å². The van der Waals surface area contributed by atoms with Crippen molar-refractivity contribution in [3.8, 4) is 0 Å². The summed E-state index contributed by atoms with van der Waals surface area (Å²) < 4.78 is 1.34. The Balaban J connectivity index is 2.99. The van der Waals surface area contributed by atoms with Crippen molar-refractivity contribution in [1.82, 2.24) is 9.55 Å². The molecule has 0 saturated carbocycles. The third-order valence-electron chi connectivity index (χ3n) is 2.16. The quantitative estimate of drug-likeness (QED) is 0.663. The van der Waals surface area contributed by atoms with Gasteiger partial charge >= 0.3 is 0 Å². The third-order valence-corrected chi connectivity index (χ3v) is 2.16. The molecule has 0 aliphatic rings. The predicted molar refractivity (Wildman–Crippen MR) is 52.1 cm³/mol. The second-order valence-corrected chi connectivity index (χ2v) is 3.09. The van der Waals surface area contributed by atoms with Crippen molar-refractivity contribution in [3.05, 3.63) is 34.4 Å². The number of nitrogens with one attached hydrogen (secondary N) is 1. The maximum absolute atomic E-state index is 11.6. The van der Waals surface area contributed by atoms with Crippen molar-refractivity contribution in [2.45, 2.75) is 0 Å². The van der Waals surface area contributed by atoms with Crippen LogP contribution >= 0.6 is 0 Å². The topological polar surface area (TPSA) is 80.9 Å². The normalized spacial score (nSPS) is 10.6. The third kappa shape index (κ3) is 1.02. The van der Waals surface area contributed by atoms with Gasteiger partial charge in [-0.1, -0.05) is 0 Å². The van der Waals surface area contributed by atoms with E-state index in [2.05, 4.69) is 4.98 Å². The number of amides is 1. The standard InChI is InChI=1S/C9H9N3O2/c1-12-4-6(8(10)13)7-5(9(12)14)2-3-11-7/h2-4,11H,1H3,(H2,10,13). The summed E-state index contributed by atoms with van der Waals surface area (Å²) >= 11 is 0. The van der Waals surface area contributed by atoms with Crippen LogP contribution in [0, 0.1) is 0 Å². The molecule has 0 atom stereocenters. The van der Waals surface area contributed by atoms with Crippen LogP contribution in [0.25, 0.3) is 10.9 Å². The summed E-state index contributed by atoms with van der Waals surface area (Å²) in [6.45, 7) is 0. The van der Waals surface area contributed by atoms with Gasteiger partial charge in [0.15, 0.2) is 0 Å². The summed E-state index contributed by atoms with van der Waals surface area (Å²) in [5, 5.41) is 0.476. The summed E-state index contributed by atoms with van der Waals surface area (Å²) in [5.41, 5.74) is 5.86. The highest BCUT2D eigenvalue weighted by Crippen LogP contribution is 2.11. The Morgan fingerprint density at radius 1 is 1.57 bits per heavy atom. The van der Waals surface area contributed by atoms with Gasteiger partial charge in [0.25, 0.3) is 11.5 Å². The van der Waals surface area contributed by atoms with Crippen molar-refractivity contribution < 1.29 is 4.79 Å². The first kappa shape index (κ1) is 8.55. The van der Waals surface area contributed by atoms with Crippen molar-refractivity contribution in [2.75, 3.05) is 0 Å². The number of fused-ring (bicyclic) bond motifs is 1. The molecule has 0 aromatic carbocycles. The lowest BCUT2D eigenvalue weighted by Crippen LogP contribution is -2.21. The number of aromatic amines is 1. The Labute approximate surface area is 79.1 Å². The van der Waals surface area contributed by atoms with E-state index in [1.54, 1.807) is 19.3 Å². The van der Waals surface area contributed by atoms with Crippen LogP contribution in [0.3, 0.4) is 0 Å². The van der Waals surface area contributed by atoms with E-state index in [9.17, 15) is 9.59 Å². The lowest BCUT2D eigenvalue weighted by atomic mass is 10.2. The molecule has 0 radical (unpaired) electrons. The number of carbonyl (C=O) groups is 1. The van der Waals surface area contributed by atoms with Gasteiger partial charge in [0.2, 0.25) is 0 Å². The van der Waals surface area contributed by atoms with Gasteiger partial charge in [-0.2, -0.15) is 0 Å². The fourth-order valence-electron chi connectivity index (χ4n) is 1.46. The van der Waals surface area contributed by atoms with E-state index in [1.807, 2.05) is 0 Å². The average Bonchev–Trinajstić information content (AvgIpc) is 2.59. The zero-order valence-corrected chi connectivity index (χ0v) is 7.57. The van der Waals surface area contributed by atoms with Crippen LogP contribution in [0.15, 0.2) is 23.3 Å². The van der Waals surface area contributed by atoms with Gasteiger partial charge in [0.05, 0.1) is 16.5 Å². The van der Waals surface area contributed by atoms with E-state index >= 15 is 0 Å². The fourth-order valence-corrected chi connectivity index (χ4v) is 1.46. The average molecular weight is 191 g/mol. The summed E-state index contributed by atoms with van der Waals surface area (Å²) in [7, 11) is 1.58. The molecule has 0 unspecified atom stereocenters. The maximum Gasteiger partial charge on any atom is 0.259 e. The van der Waals surface area contributed by atoms with E-state index in [0.29, 0.717) is 16.5 Å². The van der Waals surface area contributed by atoms with E-state index in [-0.39, 0.29) is 5.56 Å². The molecular formula is C9H9N3O2. The van der Waals surface area contributed by atoms with Crippen LogP contribution < -0.4 is 11.3 Å². The Hall–Kier alpha value is -2.04. The van der Waals surface area contributed by atoms with Gasteiger partial charge in [0.1, 0.15) is 0 Å². The number of H-pyrrole nitrogens is 1. The first-order chi connectivity index (χ1) is 6.61. The Bertz CT molecular complexity index is 565. The molecule has 0 aliphatic carbocycles. The molecule has 2 aromatic heterocycles. The van der Waals surface area contributed by atoms with Crippen LogP contribution in [-0.4, -0.2) is 15.5 Å². The summed E-state index contributed by atoms with van der Waals surface area (Å²) in [4.78, 5) is 25.4. The van der Waals surface area contributed by atoms with E-state index in [0.717, 1.165) is 0 Å². The Morgan fingerprint density at radius 2 is 2.29 bits per heavy atom. The van der Waals surface area contributed by atoms with Crippen molar-refractivity contribution in [1.29, 1.82) is 0 Å². The highest BCUT2D eigenvalue weighted by Gasteiger charge is 2.11. The second kappa shape index (κ2) is 2.73. The van der Waals surface area contributed by atoms with Crippen LogP contribution in [0.1, 0.15) is 10.4 Å². The van der Waals surface area contributed by atoms with Crippen LogP contribution in [0.5, 0.6) is 0 Å². The van der Waals surface area contributed by atoms with Gasteiger partial charge in [-0.25, -0.2) is 0 Å². The number of pyridine rings is 1. The van der Waals surface area contributed by atoms with Crippen LogP contribution in [0.4, 0.5) is 0 Å². The second-order valence-electron chi connectivity index (χ2n) is 3.09. The smallest absolute Gasteiger partial charge is 0.259 e. The molecule has 5 nitrogen and oxygen atoms in total. The highest BCUT2D eigenvalue weighted by molar-refractivity contribution is 6.04. The van der Waals surface area contributed by atoms with E-state index in [1.165, 1.54) is 10.8 Å². The van der Waals surface area contributed by atoms with Crippen molar-refractivity contribution in [2.24, 2.45) is 12.8 Å². The molecule has 0 fully saturated rings. The first-order valence-electron chi connectivity index (χ1n) is 4.08. The van der Waals surface area contributed by atoms with Gasteiger partial charge < -0.3 is 15.3 Å². The van der Waals surface area contributed by atoms with Crippen LogP contribution in [0.2, 0.25) is 0 Å². The summed E-state index contributed by atoms with van der Waals surface area (Å²) in [5.74, 6) is -0.548. The van der Waals surface area contributed by atoms with Gasteiger partial charge in [0, 0.05) is 19.4 Å². The fraction of sp³-hybridized carbons (Fsp3) is 0.111. The molecule has 3 N–H and O–H groups in total. The number of nitrogens with zero attached hydrogens (tertiary/aromatic N) is 1. The molecule has 14 heavy (non-hydrogen) atoms. The SMILES string of the molecule is Cn1cc(C(N)=O)c2[nH]ccc2c1=O. The summed E-state index contributed by atoms with van der Waals surface area (Å²) in [6, 6.07) is 1.63. The number of nitrogens with two attached hydrogens (primary N) is 1. The number of hydrogen-bond donors (Lipinski definition) is 2. The molecule has 72 valence electrons. The predicted octanol–water partition coefficient (Wildman–Crippen LogP) is -0.0345.